The monoisotopic (exact) mass is 421 g/mol. The summed E-state index contributed by atoms with van der Waals surface area (Å²) in [7, 11) is 0. The van der Waals surface area contributed by atoms with Crippen LogP contribution in [0.2, 0.25) is 0 Å². The van der Waals surface area contributed by atoms with Crippen LogP contribution in [0.4, 0.5) is 15.9 Å². The molecule has 0 aliphatic heterocycles. The van der Waals surface area contributed by atoms with Crippen LogP contribution in [0.5, 0.6) is 11.6 Å². The molecule has 0 aliphatic carbocycles. The van der Waals surface area contributed by atoms with E-state index in [1.807, 2.05) is 6.07 Å². The van der Waals surface area contributed by atoms with Gasteiger partial charge in [-0.1, -0.05) is 11.8 Å². The number of nitriles is 1. The van der Waals surface area contributed by atoms with Crippen LogP contribution >= 0.6 is 11.8 Å². The lowest BCUT2D eigenvalue weighted by Crippen LogP contribution is -2.11. The molecule has 1 heterocycles. The Morgan fingerprint density at radius 3 is 2.79 bits per heavy atom. The Morgan fingerprint density at radius 1 is 1.48 bits per heavy atom. The summed E-state index contributed by atoms with van der Waals surface area (Å²) in [6.45, 7) is 1.13. The molecule has 10 nitrogen and oxygen atoms in total. The van der Waals surface area contributed by atoms with Crippen molar-refractivity contribution in [3.63, 3.8) is 0 Å². The normalized spacial score (nSPS) is 11.4. The number of alkyl halides is 1. The van der Waals surface area contributed by atoms with Crippen LogP contribution in [0.15, 0.2) is 23.4 Å². The maximum absolute atomic E-state index is 12.9. The van der Waals surface area contributed by atoms with Gasteiger partial charge in [0.05, 0.1) is 23.2 Å². The van der Waals surface area contributed by atoms with Gasteiger partial charge in [-0.05, 0) is 31.4 Å². The van der Waals surface area contributed by atoms with Crippen molar-refractivity contribution in [2.24, 2.45) is 0 Å². The molecule has 29 heavy (non-hydrogen) atoms. The van der Waals surface area contributed by atoms with E-state index >= 15 is 0 Å². The minimum atomic E-state index is -1.17. The number of anilines is 1. The van der Waals surface area contributed by atoms with E-state index in [9.17, 15) is 19.3 Å². The van der Waals surface area contributed by atoms with Gasteiger partial charge in [0.15, 0.2) is 5.16 Å². The third-order valence-corrected chi connectivity index (χ3v) is 4.06. The van der Waals surface area contributed by atoms with Crippen molar-refractivity contribution in [1.29, 1.82) is 5.26 Å². The number of esters is 1. The summed E-state index contributed by atoms with van der Waals surface area (Å²) in [4.78, 5) is 30.7. The molecule has 0 aliphatic rings. The molecule has 12 heteroatoms. The first kappa shape index (κ1) is 21.8. The van der Waals surface area contributed by atoms with Crippen LogP contribution < -0.4 is 10.5 Å². The van der Waals surface area contributed by atoms with Crippen LogP contribution in [-0.4, -0.2) is 39.9 Å². The fourth-order valence-electron chi connectivity index (χ4n) is 2.11. The third kappa shape index (κ3) is 5.52. The molecule has 0 spiro atoms. The highest BCUT2D eigenvalue weighted by Crippen LogP contribution is 2.36. The molecule has 1 atom stereocenters. The molecule has 0 saturated carbocycles. The van der Waals surface area contributed by atoms with E-state index in [2.05, 4.69) is 9.97 Å². The van der Waals surface area contributed by atoms with Gasteiger partial charge in [-0.2, -0.15) is 15.2 Å². The summed E-state index contributed by atoms with van der Waals surface area (Å²) in [5, 5.41) is 20.5. The molecule has 152 valence electrons. The van der Waals surface area contributed by atoms with Gasteiger partial charge in [-0.3, -0.25) is 10.1 Å². The van der Waals surface area contributed by atoms with Crippen molar-refractivity contribution in [3.05, 3.63) is 39.4 Å². The Kier molecular flexibility index (Phi) is 7.27. The first-order valence-electron chi connectivity index (χ1n) is 8.15. The molecule has 2 N–H and O–H groups in total. The number of hydrogen-bond acceptors (Lipinski definition) is 10. The van der Waals surface area contributed by atoms with Gasteiger partial charge in [-0.25, -0.2) is 9.18 Å². The standard InChI is InChI=1S/C17H16FN5O5S/c1-9(18)5-6-27-16(24)11-7-10(8-19)3-4-12(11)28-15-13(23(25)26)14(20)21-17(22-15)29-2/h3-4,7,9H,5-6H2,1-2H3,(H2,20,21,22). The quantitative estimate of drug-likeness (QED) is 0.221. The largest absolute Gasteiger partial charge is 0.462 e. The number of nitrogens with zero attached hydrogens (tertiary/aromatic N) is 4. The summed E-state index contributed by atoms with van der Waals surface area (Å²) >= 11 is 1.08. The van der Waals surface area contributed by atoms with Crippen molar-refractivity contribution in [1.82, 2.24) is 9.97 Å². The first-order chi connectivity index (χ1) is 13.8. The predicted octanol–water partition coefficient (Wildman–Crippen LogP) is 3.26. The lowest BCUT2D eigenvalue weighted by molar-refractivity contribution is -0.385. The third-order valence-electron chi connectivity index (χ3n) is 3.51. The molecule has 0 radical (unpaired) electrons. The lowest BCUT2D eigenvalue weighted by atomic mass is 10.1. The zero-order valence-corrected chi connectivity index (χ0v) is 16.2. The molecule has 2 aromatic rings. The maximum Gasteiger partial charge on any atom is 0.373 e. The second-order valence-electron chi connectivity index (χ2n) is 5.64. The fraction of sp³-hybridized carbons (Fsp3) is 0.294. The highest BCUT2D eigenvalue weighted by atomic mass is 32.2. The molecule has 1 aromatic carbocycles. The SMILES string of the molecule is CSc1nc(N)c([N+](=O)[O-])c(Oc2ccc(C#N)cc2C(=O)OCCC(C)F)n1. The van der Waals surface area contributed by atoms with E-state index < -0.39 is 34.4 Å². The fourth-order valence-corrected chi connectivity index (χ4v) is 2.47. The van der Waals surface area contributed by atoms with E-state index in [1.54, 1.807) is 6.26 Å². The van der Waals surface area contributed by atoms with Gasteiger partial charge in [-0.15, -0.1) is 0 Å². The number of carbonyl (C=O) groups excluding carboxylic acids is 1. The zero-order chi connectivity index (χ0) is 21.6. The Bertz CT molecular complexity index is 979. The molecule has 2 rings (SSSR count). The zero-order valence-electron chi connectivity index (χ0n) is 15.4. The van der Waals surface area contributed by atoms with Gasteiger partial charge in [0.2, 0.25) is 5.82 Å². The minimum Gasteiger partial charge on any atom is -0.462 e. The summed E-state index contributed by atoms with van der Waals surface area (Å²) in [5.41, 5.74) is 4.92. The van der Waals surface area contributed by atoms with Gasteiger partial charge < -0.3 is 15.2 Å². The minimum absolute atomic E-state index is 0.00906. The maximum atomic E-state index is 12.9. The van der Waals surface area contributed by atoms with E-state index in [0.29, 0.717) is 0 Å². The smallest absolute Gasteiger partial charge is 0.373 e. The Balaban J connectivity index is 2.45. The van der Waals surface area contributed by atoms with Gasteiger partial charge in [0.1, 0.15) is 17.5 Å². The molecule has 0 fully saturated rings. The average molecular weight is 421 g/mol. The number of nitrogens with two attached hydrogens (primary N) is 1. The molecule has 0 bridgehead atoms. The lowest BCUT2D eigenvalue weighted by Gasteiger charge is -2.12. The Morgan fingerprint density at radius 2 is 2.21 bits per heavy atom. The number of hydrogen-bond donors (Lipinski definition) is 1. The van der Waals surface area contributed by atoms with E-state index in [4.69, 9.17) is 20.5 Å². The van der Waals surface area contributed by atoms with Crippen molar-refractivity contribution in [2.75, 3.05) is 18.6 Å². The number of rotatable bonds is 8. The first-order valence-corrected chi connectivity index (χ1v) is 9.38. The van der Waals surface area contributed by atoms with Crippen molar-refractivity contribution in [3.8, 4) is 17.7 Å². The summed E-state index contributed by atoms with van der Waals surface area (Å²) in [5.74, 6) is -1.90. The number of nitrogen functional groups attached to an aromatic ring is 1. The topological polar surface area (TPSA) is 154 Å². The highest BCUT2D eigenvalue weighted by Gasteiger charge is 2.27. The van der Waals surface area contributed by atoms with E-state index in [-0.39, 0.29) is 35.1 Å². The predicted molar refractivity (Wildman–Crippen MR) is 102 cm³/mol. The number of carbonyl (C=O) groups is 1. The molecular formula is C17H16FN5O5S. The van der Waals surface area contributed by atoms with Crippen LogP contribution in [0.3, 0.4) is 0 Å². The van der Waals surface area contributed by atoms with Crippen molar-refractivity contribution < 1.29 is 23.6 Å². The van der Waals surface area contributed by atoms with Crippen LogP contribution in [0, 0.1) is 21.4 Å². The van der Waals surface area contributed by atoms with Crippen LogP contribution in [0.1, 0.15) is 29.3 Å². The van der Waals surface area contributed by atoms with Crippen LogP contribution in [-0.2, 0) is 4.74 Å². The molecule has 1 unspecified atom stereocenters. The molecule has 0 saturated heterocycles. The van der Waals surface area contributed by atoms with Crippen molar-refractivity contribution >= 4 is 29.2 Å². The van der Waals surface area contributed by atoms with Crippen LogP contribution in [0.25, 0.3) is 0 Å². The number of thioether (sulfide) groups is 1. The number of halogens is 1. The Hall–Kier alpha value is -3.46. The second-order valence-corrected chi connectivity index (χ2v) is 6.41. The summed E-state index contributed by atoms with van der Waals surface area (Å²) < 4.78 is 23.4. The molecule has 1 aromatic heterocycles. The number of ether oxygens (including phenoxy) is 2. The molecular weight excluding hydrogens is 405 g/mol. The number of aromatic nitrogens is 2. The van der Waals surface area contributed by atoms with Gasteiger partial charge in [0.25, 0.3) is 0 Å². The second kappa shape index (κ2) is 9.65. The number of benzene rings is 1. The molecule has 0 amide bonds. The van der Waals surface area contributed by atoms with Gasteiger partial charge >= 0.3 is 17.5 Å². The van der Waals surface area contributed by atoms with Gasteiger partial charge in [0, 0.05) is 6.42 Å². The summed E-state index contributed by atoms with van der Waals surface area (Å²) in [6.07, 6.45) is 0.464. The summed E-state index contributed by atoms with van der Waals surface area (Å²) in [6, 6.07) is 5.68. The van der Waals surface area contributed by atoms with Crippen molar-refractivity contribution in [2.45, 2.75) is 24.7 Å². The number of nitro groups is 1. The average Bonchev–Trinajstić information content (AvgIpc) is 2.67. The van der Waals surface area contributed by atoms with E-state index in [1.165, 1.54) is 25.1 Å². The Labute approximate surface area is 169 Å². The van der Waals surface area contributed by atoms with E-state index in [0.717, 1.165) is 11.8 Å². The highest BCUT2D eigenvalue weighted by molar-refractivity contribution is 7.98.